The van der Waals surface area contributed by atoms with E-state index in [0.29, 0.717) is 0 Å². The first kappa shape index (κ1) is 4.06. The van der Waals surface area contributed by atoms with Crippen LogP contribution in [-0.2, 0) is 0 Å². The highest BCUT2D eigenvalue weighted by Crippen LogP contribution is 1.64. The Kier molecular flexibility index (Phi) is 3.11. The molecule has 4 heavy (non-hydrogen) atoms. The van der Waals surface area contributed by atoms with Gasteiger partial charge in [0.05, 0.1) is 0 Å². The van der Waals surface area contributed by atoms with Gasteiger partial charge < -0.3 is 7.28 Å². The Morgan fingerprint density at radius 2 is 2.00 bits per heavy atom. The molecule has 0 aliphatic carbocycles. The minimum atomic E-state index is 1.19. The van der Waals surface area contributed by atoms with E-state index >= 15 is 0 Å². The van der Waals surface area contributed by atoms with Gasteiger partial charge in [-0.25, -0.2) is 6.32 Å². The van der Waals surface area contributed by atoms with Crippen LogP contribution < -0.4 is 0 Å². The summed E-state index contributed by atoms with van der Waals surface area (Å²) in [6.07, 6.45) is 1.19. The van der Waals surface area contributed by atoms with Gasteiger partial charge in [0.15, 0.2) is 0 Å². The standard InChI is InChI=1S/C3H8B/c1-3-4-2/h3H2,1-2H3/q-1. The van der Waals surface area contributed by atoms with E-state index in [4.69, 9.17) is 0 Å². The number of rotatable bonds is 1. The van der Waals surface area contributed by atoms with Crippen LogP contribution in [0.1, 0.15) is 6.92 Å². The minimum absolute atomic E-state index is 1.19. The van der Waals surface area contributed by atoms with Crippen molar-refractivity contribution in [2.75, 3.05) is 0 Å². The summed E-state index contributed by atoms with van der Waals surface area (Å²) >= 11 is 0. The van der Waals surface area contributed by atoms with Crippen molar-refractivity contribution in [3.05, 3.63) is 0 Å². The summed E-state index contributed by atoms with van der Waals surface area (Å²) in [5, 5.41) is 0. The summed E-state index contributed by atoms with van der Waals surface area (Å²) in [6, 6.07) is 0. The predicted octanol–water partition coefficient (Wildman–Crippen LogP) is 1.18. The molecule has 0 saturated carbocycles. The molecule has 0 saturated heterocycles. The van der Waals surface area contributed by atoms with Gasteiger partial charge in [0, 0.05) is 0 Å². The van der Waals surface area contributed by atoms with E-state index < -0.39 is 0 Å². The molecule has 0 amide bonds. The molecule has 0 nitrogen and oxygen atoms in total. The fraction of sp³-hybridized carbons (Fsp3) is 1.00. The average molecular weight is 54.9 g/mol. The summed E-state index contributed by atoms with van der Waals surface area (Å²) in [5.41, 5.74) is 0. The van der Waals surface area contributed by atoms with E-state index in [9.17, 15) is 0 Å². The van der Waals surface area contributed by atoms with Crippen molar-refractivity contribution >= 4 is 7.28 Å². The molecule has 0 bridgehead atoms. The van der Waals surface area contributed by atoms with Crippen LogP contribution in [0.25, 0.3) is 0 Å². The topological polar surface area (TPSA) is 0 Å². The highest BCUT2D eigenvalue weighted by Gasteiger charge is 1.36. The largest absolute Gasteiger partial charge is 0.341 e. The number of hydrogen-bond donors (Lipinski definition) is 0. The molecule has 1 heteroatoms. The van der Waals surface area contributed by atoms with Crippen LogP contribution in [0.5, 0.6) is 0 Å². The molecule has 0 fully saturated rings. The molecular formula is C3H8B-. The van der Waals surface area contributed by atoms with Gasteiger partial charge in [0.2, 0.25) is 0 Å². The van der Waals surface area contributed by atoms with Gasteiger partial charge in [0.25, 0.3) is 0 Å². The van der Waals surface area contributed by atoms with Gasteiger partial charge in [-0.05, 0) is 0 Å². The van der Waals surface area contributed by atoms with Crippen molar-refractivity contribution in [2.45, 2.75) is 20.1 Å². The van der Waals surface area contributed by atoms with E-state index in [1.165, 1.54) is 6.32 Å². The van der Waals surface area contributed by atoms with Crippen LogP contribution in [0.4, 0.5) is 0 Å². The van der Waals surface area contributed by atoms with E-state index in [1.54, 1.807) is 0 Å². The first-order valence-electron chi connectivity index (χ1n) is 1.69. The van der Waals surface area contributed by atoms with E-state index in [1.807, 2.05) is 0 Å². The highest BCUT2D eigenvalue weighted by molar-refractivity contribution is 6.33. The maximum Gasteiger partial charge on any atom is -0.102 e. The Morgan fingerprint density at radius 3 is 2.00 bits per heavy atom. The van der Waals surface area contributed by atoms with E-state index in [2.05, 4.69) is 21.0 Å². The lowest BCUT2D eigenvalue weighted by Gasteiger charge is -1.88. The van der Waals surface area contributed by atoms with Crippen LogP contribution in [0.15, 0.2) is 0 Å². The maximum absolute atomic E-state index is 2.12. The molecular weight excluding hydrogens is 46.8 g/mol. The van der Waals surface area contributed by atoms with Crippen LogP contribution >= 0.6 is 0 Å². The zero-order valence-electron chi connectivity index (χ0n) is 3.28. The molecule has 0 unspecified atom stereocenters. The highest BCUT2D eigenvalue weighted by atomic mass is 13.3. The first-order valence-corrected chi connectivity index (χ1v) is 1.69. The van der Waals surface area contributed by atoms with Gasteiger partial charge in [-0.15, -0.1) is 6.92 Å². The molecule has 0 heterocycles. The minimum Gasteiger partial charge on any atom is -0.341 e. The smallest absolute Gasteiger partial charge is 0.102 e. The Bertz CT molecular complexity index is 5.25. The molecule has 0 aromatic heterocycles. The van der Waals surface area contributed by atoms with Crippen molar-refractivity contribution in [2.24, 2.45) is 0 Å². The zero-order chi connectivity index (χ0) is 3.41. The lowest BCUT2D eigenvalue weighted by Crippen LogP contribution is -1.67. The first-order chi connectivity index (χ1) is 1.91. The van der Waals surface area contributed by atoms with Crippen LogP contribution in [0.2, 0.25) is 13.1 Å². The summed E-state index contributed by atoms with van der Waals surface area (Å²) in [7, 11) is 2.12. The monoisotopic (exact) mass is 55.1 g/mol. The molecule has 0 aromatic rings. The SMILES string of the molecule is C[B-]CC. The van der Waals surface area contributed by atoms with Gasteiger partial charge >= 0.3 is 0 Å². The molecule has 0 rings (SSSR count). The fourth-order valence-corrected chi connectivity index (χ4v) is 0. The summed E-state index contributed by atoms with van der Waals surface area (Å²) in [4.78, 5) is 0. The van der Waals surface area contributed by atoms with Crippen LogP contribution in [0, 0.1) is 0 Å². The fourth-order valence-electron chi connectivity index (χ4n) is 0. The molecule has 0 N–H and O–H groups in total. The summed E-state index contributed by atoms with van der Waals surface area (Å²) < 4.78 is 0. The van der Waals surface area contributed by atoms with Crippen molar-refractivity contribution in [1.29, 1.82) is 0 Å². The lowest BCUT2D eigenvalue weighted by atomic mass is 9.79. The Morgan fingerprint density at radius 1 is 1.75 bits per heavy atom. The summed E-state index contributed by atoms with van der Waals surface area (Å²) in [5.74, 6) is 0. The van der Waals surface area contributed by atoms with E-state index in [-0.39, 0.29) is 0 Å². The Balaban J connectivity index is 1.97. The van der Waals surface area contributed by atoms with Gasteiger partial charge in [-0.1, -0.05) is 0 Å². The molecule has 24 valence electrons. The molecule has 0 atom stereocenters. The van der Waals surface area contributed by atoms with Gasteiger partial charge in [-0.3, -0.25) is 6.82 Å². The van der Waals surface area contributed by atoms with Crippen molar-refractivity contribution in [1.82, 2.24) is 0 Å². The van der Waals surface area contributed by atoms with Crippen molar-refractivity contribution in [3.8, 4) is 0 Å². The average Bonchev–Trinajstić information content (AvgIpc) is 1.37. The molecule has 2 radical (unpaired) electrons. The number of hydrogen-bond acceptors (Lipinski definition) is 0. The van der Waals surface area contributed by atoms with Gasteiger partial charge in [-0.2, -0.15) is 0 Å². The third kappa shape index (κ3) is 2.06. The predicted molar refractivity (Wildman–Crippen MR) is 22.1 cm³/mol. The second-order valence-corrected chi connectivity index (χ2v) is 0.816. The quantitative estimate of drug-likeness (QED) is 0.395. The molecule has 0 aromatic carbocycles. The Hall–Kier alpha value is 0.0649. The summed E-state index contributed by atoms with van der Waals surface area (Å²) in [6.45, 7) is 4.18. The van der Waals surface area contributed by atoms with E-state index in [0.717, 1.165) is 0 Å². The Labute approximate surface area is 28.5 Å². The van der Waals surface area contributed by atoms with Gasteiger partial charge in [0.1, 0.15) is 0 Å². The molecule has 0 aliphatic heterocycles. The van der Waals surface area contributed by atoms with Crippen molar-refractivity contribution < 1.29 is 0 Å². The normalized spacial score (nSPS) is 7.50. The van der Waals surface area contributed by atoms with Crippen LogP contribution in [0.3, 0.4) is 0 Å². The third-order valence-corrected chi connectivity index (χ3v) is 0.408. The maximum atomic E-state index is 2.12. The van der Waals surface area contributed by atoms with Crippen molar-refractivity contribution in [3.63, 3.8) is 0 Å². The molecule has 0 aliphatic rings. The third-order valence-electron chi connectivity index (χ3n) is 0.408. The van der Waals surface area contributed by atoms with Crippen LogP contribution in [-0.4, -0.2) is 7.28 Å². The second-order valence-electron chi connectivity index (χ2n) is 0.816. The molecule has 0 spiro atoms. The second kappa shape index (κ2) is 3.06. The lowest BCUT2D eigenvalue weighted by molar-refractivity contribution is 1.45. The zero-order valence-corrected chi connectivity index (χ0v) is 3.28.